The van der Waals surface area contributed by atoms with Gasteiger partial charge in [-0.3, -0.25) is 4.79 Å². The number of ketones is 1. The van der Waals surface area contributed by atoms with E-state index < -0.39 is 5.97 Å². The Morgan fingerprint density at radius 3 is 2.60 bits per heavy atom. The van der Waals surface area contributed by atoms with Gasteiger partial charge < -0.3 is 4.74 Å². The molecule has 0 radical (unpaired) electrons. The molecule has 0 atom stereocenters. The predicted molar refractivity (Wildman–Crippen MR) is 57.0 cm³/mol. The van der Waals surface area contributed by atoms with Crippen molar-refractivity contribution in [1.29, 1.82) is 0 Å². The number of carbonyl (C=O) groups is 2. The zero-order chi connectivity index (χ0) is 11.3. The van der Waals surface area contributed by atoms with E-state index in [2.05, 4.69) is 0 Å². The second-order valence-electron chi connectivity index (χ2n) is 3.07. The molecule has 4 heteroatoms. The van der Waals surface area contributed by atoms with Gasteiger partial charge in [-0.05, 0) is 18.6 Å². The van der Waals surface area contributed by atoms with Crippen molar-refractivity contribution < 1.29 is 14.3 Å². The van der Waals surface area contributed by atoms with Gasteiger partial charge in [0, 0.05) is 5.88 Å². The largest absolute Gasteiger partial charge is 0.454 e. The molecule has 1 rings (SSSR count). The van der Waals surface area contributed by atoms with Crippen LogP contribution in [0.25, 0.3) is 0 Å². The predicted octanol–water partition coefficient (Wildman–Crippen LogP) is 2.17. The maximum Gasteiger partial charge on any atom is 0.338 e. The highest BCUT2D eigenvalue weighted by atomic mass is 35.5. The summed E-state index contributed by atoms with van der Waals surface area (Å²) in [5.41, 5.74) is 1.11. The van der Waals surface area contributed by atoms with Crippen molar-refractivity contribution in [3.8, 4) is 0 Å². The van der Waals surface area contributed by atoms with Gasteiger partial charge in [0.2, 0.25) is 0 Å². The van der Waals surface area contributed by atoms with Crippen LogP contribution in [0.2, 0.25) is 0 Å². The molecule has 0 spiro atoms. The van der Waals surface area contributed by atoms with E-state index >= 15 is 0 Å². The van der Waals surface area contributed by atoms with E-state index in [0.29, 0.717) is 11.1 Å². The standard InChI is InChI=1S/C11H11ClO3/c1-8(13)7-15-11(14)10-5-3-2-4-9(10)6-12/h2-5H,6-7H2,1H3. The van der Waals surface area contributed by atoms with Crippen molar-refractivity contribution in [2.75, 3.05) is 6.61 Å². The van der Waals surface area contributed by atoms with Crippen molar-refractivity contribution in [1.82, 2.24) is 0 Å². The molecule has 3 nitrogen and oxygen atoms in total. The van der Waals surface area contributed by atoms with Crippen molar-refractivity contribution in [3.05, 3.63) is 35.4 Å². The SMILES string of the molecule is CC(=O)COC(=O)c1ccccc1CCl. The molecular weight excluding hydrogens is 216 g/mol. The van der Waals surface area contributed by atoms with Crippen LogP contribution < -0.4 is 0 Å². The number of carbonyl (C=O) groups excluding carboxylic acids is 2. The third kappa shape index (κ3) is 3.36. The van der Waals surface area contributed by atoms with Gasteiger partial charge in [-0.2, -0.15) is 0 Å². The highest BCUT2D eigenvalue weighted by molar-refractivity contribution is 6.17. The number of ether oxygens (including phenoxy) is 1. The molecule has 1 aromatic carbocycles. The van der Waals surface area contributed by atoms with Gasteiger partial charge in [-0.1, -0.05) is 18.2 Å². The molecule has 0 N–H and O–H groups in total. The average molecular weight is 227 g/mol. The summed E-state index contributed by atoms with van der Waals surface area (Å²) in [6.07, 6.45) is 0. The van der Waals surface area contributed by atoms with Crippen molar-refractivity contribution in [3.63, 3.8) is 0 Å². The molecule has 0 aromatic heterocycles. The number of benzene rings is 1. The van der Waals surface area contributed by atoms with Crippen LogP contribution in [0.3, 0.4) is 0 Å². The smallest absolute Gasteiger partial charge is 0.338 e. The van der Waals surface area contributed by atoms with Crippen LogP contribution in [0.5, 0.6) is 0 Å². The number of esters is 1. The Morgan fingerprint density at radius 1 is 1.33 bits per heavy atom. The van der Waals surface area contributed by atoms with E-state index in [1.807, 2.05) is 0 Å². The molecule has 0 heterocycles. The van der Waals surface area contributed by atoms with Crippen LogP contribution >= 0.6 is 11.6 Å². The Morgan fingerprint density at radius 2 is 2.00 bits per heavy atom. The van der Waals surface area contributed by atoms with Gasteiger partial charge in [-0.25, -0.2) is 4.79 Å². The first-order chi connectivity index (χ1) is 7.15. The molecular formula is C11H11ClO3. The fraction of sp³-hybridized carbons (Fsp3) is 0.273. The first kappa shape index (κ1) is 11.7. The molecule has 0 fully saturated rings. The first-order valence-corrected chi connectivity index (χ1v) is 4.99. The minimum Gasteiger partial charge on any atom is -0.454 e. The van der Waals surface area contributed by atoms with Crippen LogP contribution in [0.15, 0.2) is 24.3 Å². The lowest BCUT2D eigenvalue weighted by Gasteiger charge is -2.05. The van der Waals surface area contributed by atoms with E-state index in [-0.39, 0.29) is 18.3 Å². The summed E-state index contributed by atoms with van der Waals surface area (Å²) in [7, 11) is 0. The summed E-state index contributed by atoms with van der Waals surface area (Å²) in [4.78, 5) is 22.1. The fourth-order valence-electron chi connectivity index (χ4n) is 1.08. The summed E-state index contributed by atoms with van der Waals surface area (Å²) in [5, 5.41) is 0. The van der Waals surface area contributed by atoms with Gasteiger partial charge in [-0.15, -0.1) is 11.6 Å². The number of rotatable bonds is 4. The number of hydrogen-bond donors (Lipinski definition) is 0. The van der Waals surface area contributed by atoms with Gasteiger partial charge >= 0.3 is 5.97 Å². The second-order valence-corrected chi connectivity index (χ2v) is 3.34. The molecule has 0 aliphatic heterocycles. The first-order valence-electron chi connectivity index (χ1n) is 4.45. The van der Waals surface area contributed by atoms with Crippen molar-refractivity contribution >= 4 is 23.4 Å². The van der Waals surface area contributed by atoms with Gasteiger partial charge in [0.25, 0.3) is 0 Å². The lowest BCUT2D eigenvalue weighted by Crippen LogP contribution is -2.12. The minimum absolute atomic E-state index is 0.188. The van der Waals surface area contributed by atoms with Crippen molar-refractivity contribution in [2.45, 2.75) is 12.8 Å². The van der Waals surface area contributed by atoms with E-state index in [4.69, 9.17) is 16.3 Å². The van der Waals surface area contributed by atoms with Crippen molar-refractivity contribution in [2.24, 2.45) is 0 Å². The number of halogens is 1. The molecule has 0 saturated carbocycles. The maximum atomic E-state index is 11.5. The zero-order valence-electron chi connectivity index (χ0n) is 8.33. The summed E-state index contributed by atoms with van der Waals surface area (Å²) < 4.78 is 4.78. The molecule has 0 aliphatic carbocycles. The van der Waals surface area contributed by atoms with Crippen LogP contribution in [0, 0.1) is 0 Å². The van der Waals surface area contributed by atoms with Gasteiger partial charge in [0.15, 0.2) is 5.78 Å². The lowest BCUT2D eigenvalue weighted by atomic mass is 10.1. The van der Waals surface area contributed by atoms with E-state index in [1.165, 1.54) is 6.92 Å². The van der Waals surface area contributed by atoms with Crippen LogP contribution in [-0.2, 0) is 15.4 Å². The van der Waals surface area contributed by atoms with Gasteiger partial charge in [0.1, 0.15) is 6.61 Å². The quantitative estimate of drug-likeness (QED) is 0.584. The van der Waals surface area contributed by atoms with E-state index in [1.54, 1.807) is 24.3 Å². The Bertz CT molecular complexity index is 374. The Hall–Kier alpha value is -1.35. The van der Waals surface area contributed by atoms with Crippen LogP contribution in [0.1, 0.15) is 22.8 Å². The molecule has 0 unspecified atom stereocenters. The zero-order valence-corrected chi connectivity index (χ0v) is 9.08. The normalized spacial score (nSPS) is 9.73. The lowest BCUT2D eigenvalue weighted by molar-refractivity contribution is -0.120. The number of hydrogen-bond acceptors (Lipinski definition) is 3. The number of Topliss-reactive ketones (excluding diaryl/α,β-unsaturated/α-hetero) is 1. The maximum absolute atomic E-state index is 11.5. The van der Waals surface area contributed by atoms with Gasteiger partial charge in [0.05, 0.1) is 5.56 Å². The molecule has 0 amide bonds. The summed E-state index contributed by atoms with van der Waals surface area (Å²) in [6, 6.07) is 6.89. The fourth-order valence-corrected chi connectivity index (χ4v) is 1.31. The molecule has 80 valence electrons. The minimum atomic E-state index is -0.513. The highest BCUT2D eigenvalue weighted by Gasteiger charge is 2.11. The van der Waals surface area contributed by atoms with Crippen LogP contribution in [0.4, 0.5) is 0 Å². The van der Waals surface area contributed by atoms with Crippen LogP contribution in [-0.4, -0.2) is 18.4 Å². The summed E-state index contributed by atoms with van der Waals surface area (Å²) >= 11 is 5.66. The summed E-state index contributed by atoms with van der Waals surface area (Å²) in [6.45, 7) is 1.16. The monoisotopic (exact) mass is 226 g/mol. The summed E-state index contributed by atoms with van der Waals surface area (Å²) in [5.74, 6) is -0.459. The molecule has 15 heavy (non-hydrogen) atoms. The Kier molecular flexibility index (Phi) is 4.31. The Labute approximate surface area is 93.0 Å². The van der Waals surface area contributed by atoms with E-state index in [9.17, 15) is 9.59 Å². The molecule has 0 saturated heterocycles. The Balaban J connectivity index is 2.77. The van der Waals surface area contributed by atoms with E-state index in [0.717, 1.165) is 0 Å². The number of alkyl halides is 1. The molecule has 0 aliphatic rings. The second kappa shape index (κ2) is 5.51. The third-order valence-electron chi connectivity index (χ3n) is 1.79. The average Bonchev–Trinajstić information content (AvgIpc) is 2.25. The topological polar surface area (TPSA) is 43.4 Å². The third-order valence-corrected chi connectivity index (χ3v) is 2.08. The highest BCUT2D eigenvalue weighted by Crippen LogP contribution is 2.12. The molecule has 1 aromatic rings. The molecule has 0 bridgehead atoms.